The number of nitrogens with zero attached hydrogens (tertiary/aromatic N) is 3. The van der Waals surface area contributed by atoms with Crippen LogP contribution in [0.15, 0.2) is 6.20 Å². The highest BCUT2D eigenvalue weighted by atomic mass is 15.3. The molecular formula is C17H32N4. The van der Waals surface area contributed by atoms with Crippen LogP contribution in [0.5, 0.6) is 0 Å². The molecule has 4 nitrogen and oxygen atoms in total. The first-order chi connectivity index (χ1) is 9.74. The van der Waals surface area contributed by atoms with Gasteiger partial charge < -0.3 is 5.73 Å². The number of aromatic nitrogens is 2. The molecule has 3 atom stereocenters. The van der Waals surface area contributed by atoms with Gasteiger partial charge in [-0.15, -0.1) is 0 Å². The summed E-state index contributed by atoms with van der Waals surface area (Å²) >= 11 is 0. The lowest BCUT2D eigenvalue weighted by Gasteiger charge is -2.42. The van der Waals surface area contributed by atoms with E-state index in [9.17, 15) is 0 Å². The van der Waals surface area contributed by atoms with Crippen LogP contribution in [-0.4, -0.2) is 33.8 Å². The van der Waals surface area contributed by atoms with Gasteiger partial charge in [0, 0.05) is 43.4 Å². The molecule has 120 valence electrons. The van der Waals surface area contributed by atoms with Crippen molar-refractivity contribution in [3.05, 3.63) is 17.5 Å². The van der Waals surface area contributed by atoms with E-state index in [0.717, 1.165) is 12.5 Å². The molecule has 2 heterocycles. The van der Waals surface area contributed by atoms with E-state index in [1.807, 2.05) is 11.7 Å². The lowest BCUT2D eigenvalue weighted by Crippen LogP contribution is -2.46. The quantitative estimate of drug-likeness (QED) is 0.932. The summed E-state index contributed by atoms with van der Waals surface area (Å²) in [5.41, 5.74) is 8.74. The summed E-state index contributed by atoms with van der Waals surface area (Å²) in [6.45, 7) is 13.2. The number of hydrogen-bond donors (Lipinski definition) is 1. The summed E-state index contributed by atoms with van der Waals surface area (Å²) in [5.74, 6) is 0.755. The summed E-state index contributed by atoms with van der Waals surface area (Å²) in [7, 11) is 2.01. The normalized spacial score (nSPS) is 26.0. The van der Waals surface area contributed by atoms with E-state index >= 15 is 0 Å². The van der Waals surface area contributed by atoms with Crippen LogP contribution in [0.2, 0.25) is 0 Å². The maximum Gasteiger partial charge on any atom is 0.0726 e. The number of rotatable bonds is 3. The molecule has 1 fully saturated rings. The number of aryl methyl sites for hydroxylation is 1. The second-order valence-electron chi connectivity index (χ2n) is 7.84. The van der Waals surface area contributed by atoms with Gasteiger partial charge in [-0.05, 0) is 25.7 Å². The van der Waals surface area contributed by atoms with Crippen LogP contribution in [0, 0.1) is 5.92 Å². The topological polar surface area (TPSA) is 47.1 Å². The lowest BCUT2D eigenvalue weighted by atomic mass is 9.85. The van der Waals surface area contributed by atoms with Crippen molar-refractivity contribution in [2.75, 3.05) is 13.1 Å². The molecule has 1 aromatic rings. The number of likely N-dealkylation sites (tertiary alicyclic amines) is 1. The molecular weight excluding hydrogens is 260 g/mol. The smallest absolute Gasteiger partial charge is 0.0726 e. The molecule has 1 aromatic heterocycles. The molecule has 2 rings (SSSR count). The molecule has 0 spiro atoms. The highest BCUT2D eigenvalue weighted by Crippen LogP contribution is 2.35. The van der Waals surface area contributed by atoms with Gasteiger partial charge in [-0.1, -0.05) is 27.7 Å². The Bertz CT molecular complexity index is 472. The van der Waals surface area contributed by atoms with E-state index in [1.54, 1.807) is 0 Å². The van der Waals surface area contributed by atoms with E-state index in [0.29, 0.717) is 12.6 Å². The Hall–Kier alpha value is -0.870. The minimum atomic E-state index is 0.0503. The van der Waals surface area contributed by atoms with Crippen molar-refractivity contribution in [1.82, 2.24) is 14.7 Å². The van der Waals surface area contributed by atoms with E-state index in [4.69, 9.17) is 10.8 Å². The van der Waals surface area contributed by atoms with Crippen molar-refractivity contribution in [2.24, 2.45) is 18.7 Å². The maximum atomic E-state index is 6.19. The van der Waals surface area contributed by atoms with Crippen LogP contribution in [0.4, 0.5) is 0 Å². The Balaban J connectivity index is 2.37. The monoisotopic (exact) mass is 292 g/mol. The third-order valence-electron chi connectivity index (χ3n) is 4.72. The summed E-state index contributed by atoms with van der Waals surface area (Å²) in [5, 5.41) is 4.72. The summed E-state index contributed by atoms with van der Waals surface area (Å²) in [4.78, 5) is 2.60. The van der Waals surface area contributed by atoms with E-state index in [2.05, 4.69) is 45.7 Å². The first-order valence-corrected chi connectivity index (χ1v) is 8.23. The van der Waals surface area contributed by atoms with Crippen molar-refractivity contribution < 1.29 is 0 Å². The average molecular weight is 292 g/mol. The van der Waals surface area contributed by atoms with Crippen LogP contribution in [0.1, 0.15) is 64.8 Å². The highest BCUT2D eigenvalue weighted by Gasteiger charge is 2.33. The van der Waals surface area contributed by atoms with Crippen LogP contribution in [0.3, 0.4) is 0 Å². The fraction of sp³-hybridized carbons (Fsp3) is 0.824. The maximum absolute atomic E-state index is 6.19. The van der Waals surface area contributed by atoms with Crippen LogP contribution in [0.25, 0.3) is 0 Å². The fourth-order valence-corrected chi connectivity index (χ4v) is 3.53. The van der Waals surface area contributed by atoms with Gasteiger partial charge in [-0.25, -0.2) is 0 Å². The van der Waals surface area contributed by atoms with Crippen molar-refractivity contribution in [3.63, 3.8) is 0 Å². The van der Waals surface area contributed by atoms with Crippen LogP contribution < -0.4 is 5.73 Å². The molecule has 0 radical (unpaired) electrons. The first-order valence-electron chi connectivity index (χ1n) is 8.23. The molecule has 1 aliphatic rings. The van der Waals surface area contributed by atoms with Crippen molar-refractivity contribution in [1.29, 1.82) is 0 Å². The number of nitrogens with two attached hydrogens (primary N) is 1. The molecule has 1 saturated heterocycles. The Morgan fingerprint density at radius 1 is 1.33 bits per heavy atom. The van der Waals surface area contributed by atoms with Gasteiger partial charge in [-0.2, -0.15) is 5.10 Å². The van der Waals surface area contributed by atoms with Gasteiger partial charge in [-0.3, -0.25) is 9.58 Å². The van der Waals surface area contributed by atoms with Crippen LogP contribution >= 0.6 is 0 Å². The van der Waals surface area contributed by atoms with E-state index in [-0.39, 0.29) is 11.5 Å². The molecule has 0 bridgehead atoms. The van der Waals surface area contributed by atoms with Crippen LogP contribution in [-0.2, 0) is 12.5 Å². The zero-order chi connectivity index (χ0) is 15.8. The van der Waals surface area contributed by atoms with E-state index in [1.165, 1.54) is 24.1 Å². The van der Waals surface area contributed by atoms with Gasteiger partial charge >= 0.3 is 0 Å². The van der Waals surface area contributed by atoms with Crippen molar-refractivity contribution in [2.45, 2.75) is 65.0 Å². The minimum Gasteiger partial charge on any atom is -0.329 e. The van der Waals surface area contributed by atoms with Crippen molar-refractivity contribution >= 4 is 0 Å². The summed E-state index contributed by atoms with van der Waals surface area (Å²) in [6, 6.07) is 0.883. The Morgan fingerprint density at radius 2 is 2.00 bits per heavy atom. The second-order valence-corrected chi connectivity index (χ2v) is 7.84. The van der Waals surface area contributed by atoms with Gasteiger partial charge in [0.25, 0.3) is 0 Å². The molecule has 0 amide bonds. The molecule has 0 aliphatic carbocycles. The Kier molecular flexibility index (Phi) is 4.79. The third-order valence-corrected chi connectivity index (χ3v) is 4.72. The lowest BCUT2D eigenvalue weighted by molar-refractivity contribution is 0.0790. The first kappa shape index (κ1) is 16.5. The highest BCUT2D eigenvalue weighted by molar-refractivity contribution is 5.28. The standard InChI is InChI=1S/C17H32N4/c1-12-7-8-13(2)21(10-12)15(9-18)14-11-20(6)19-16(14)17(3,4)5/h11-13,15H,7-10,18H2,1-6H3. The second kappa shape index (κ2) is 6.09. The Morgan fingerprint density at radius 3 is 2.57 bits per heavy atom. The van der Waals surface area contributed by atoms with Gasteiger partial charge in [0.1, 0.15) is 0 Å². The zero-order valence-corrected chi connectivity index (χ0v) is 14.6. The summed E-state index contributed by atoms with van der Waals surface area (Å²) < 4.78 is 1.94. The molecule has 21 heavy (non-hydrogen) atoms. The predicted molar refractivity (Wildman–Crippen MR) is 88.3 cm³/mol. The van der Waals surface area contributed by atoms with E-state index < -0.39 is 0 Å². The molecule has 1 aliphatic heterocycles. The zero-order valence-electron chi connectivity index (χ0n) is 14.6. The summed E-state index contributed by atoms with van der Waals surface area (Å²) in [6.07, 6.45) is 4.76. The molecule has 4 heteroatoms. The SMILES string of the molecule is CC1CCC(C)N(C(CN)c2cn(C)nc2C(C)(C)C)C1. The molecule has 0 saturated carbocycles. The number of hydrogen-bond acceptors (Lipinski definition) is 3. The number of piperidine rings is 1. The third kappa shape index (κ3) is 3.49. The average Bonchev–Trinajstić information content (AvgIpc) is 2.76. The minimum absolute atomic E-state index is 0.0503. The van der Waals surface area contributed by atoms with Gasteiger partial charge in [0.2, 0.25) is 0 Å². The van der Waals surface area contributed by atoms with Gasteiger partial charge in [0.15, 0.2) is 0 Å². The van der Waals surface area contributed by atoms with Crippen molar-refractivity contribution in [3.8, 4) is 0 Å². The largest absolute Gasteiger partial charge is 0.329 e. The molecule has 3 unspecified atom stereocenters. The van der Waals surface area contributed by atoms with Gasteiger partial charge in [0.05, 0.1) is 11.7 Å². The molecule has 0 aromatic carbocycles. The Labute approximate surface area is 129 Å². The molecule has 2 N–H and O–H groups in total. The fourth-order valence-electron chi connectivity index (χ4n) is 3.53. The predicted octanol–water partition coefficient (Wildman–Crippen LogP) is 2.84.